The van der Waals surface area contributed by atoms with E-state index >= 15 is 0 Å². The fourth-order valence-electron chi connectivity index (χ4n) is 6.92. The highest BCUT2D eigenvalue weighted by Crippen LogP contribution is 2.60. The maximum atomic E-state index is 11.4. The summed E-state index contributed by atoms with van der Waals surface area (Å²) in [5.41, 5.74) is 1.96. The van der Waals surface area contributed by atoms with Gasteiger partial charge in [0.15, 0.2) is 5.84 Å². The highest BCUT2D eigenvalue weighted by Gasteiger charge is 2.57. The summed E-state index contributed by atoms with van der Waals surface area (Å²) in [5.74, 6) is 3.20. The first kappa shape index (κ1) is 17.9. The number of amidine groups is 1. The Morgan fingerprint density at radius 3 is 2.27 bits per heavy atom. The van der Waals surface area contributed by atoms with Crippen LogP contribution in [-0.4, -0.2) is 21.2 Å². The molecule has 1 atom stereocenters. The van der Waals surface area contributed by atoms with Gasteiger partial charge in [-0.25, -0.2) is 0 Å². The number of hydrogen-bond donors (Lipinski definition) is 0. The largest absolute Gasteiger partial charge is 0.363 e. The van der Waals surface area contributed by atoms with E-state index in [1.165, 1.54) is 44.6 Å². The zero-order valence-electron chi connectivity index (χ0n) is 16.8. The maximum Gasteiger partial charge on any atom is 0.269 e. The molecule has 0 radical (unpaired) electrons. The van der Waals surface area contributed by atoms with Gasteiger partial charge in [0, 0.05) is 28.8 Å². The van der Waals surface area contributed by atoms with Gasteiger partial charge in [0.2, 0.25) is 6.23 Å². The Kier molecular flexibility index (Phi) is 3.92. The fraction of sp³-hybridized carbons (Fsp3) is 0.458. The highest BCUT2D eigenvalue weighted by molar-refractivity contribution is 5.99. The average Bonchev–Trinajstić information content (AvgIpc) is 3.20. The number of hydrogen-bond acceptors (Lipinski definition) is 5. The lowest BCUT2D eigenvalue weighted by Gasteiger charge is -2.60. The molecule has 4 bridgehead atoms. The number of non-ortho nitro benzene ring substituents is 1. The normalized spacial score (nSPS) is 34.0. The molecule has 1 heterocycles. The second kappa shape index (κ2) is 6.56. The molecule has 4 saturated carbocycles. The van der Waals surface area contributed by atoms with Gasteiger partial charge in [0.25, 0.3) is 5.69 Å². The summed E-state index contributed by atoms with van der Waals surface area (Å²) in [6.45, 7) is 0. The van der Waals surface area contributed by atoms with Crippen LogP contribution < -0.4 is 0 Å². The third-order valence-corrected chi connectivity index (χ3v) is 7.62. The number of benzene rings is 2. The zero-order chi connectivity index (χ0) is 20.3. The summed E-state index contributed by atoms with van der Waals surface area (Å²) in [6, 6.07) is 17.1. The summed E-state index contributed by atoms with van der Waals surface area (Å²) in [5, 5.41) is 15.9. The van der Waals surface area contributed by atoms with Crippen LogP contribution in [0.2, 0.25) is 0 Å². The van der Waals surface area contributed by atoms with Crippen LogP contribution in [0.3, 0.4) is 0 Å². The van der Waals surface area contributed by atoms with Crippen LogP contribution in [0.5, 0.6) is 0 Å². The van der Waals surface area contributed by atoms with Crippen molar-refractivity contribution in [1.29, 1.82) is 0 Å². The Morgan fingerprint density at radius 2 is 1.63 bits per heavy atom. The molecule has 0 amide bonds. The second-order valence-corrected chi connectivity index (χ2v) is 9.60. The summed E-state index contributed by atoms with van der Waals surface area (Å²) in [7, 11) is 0. The lowest BCUT2D eigenvalue weighted by atomic mass is 9.52. The molecule has 0 saturated heterocycles. The van der Waals surface area contributed by atoms with Gasteiger partial charge in [0.1, 0.15) is 0 Å². The first-order valence-electron chi connectivity index (χ1n) is 10.9. The summed E-state index contributed by atoms with van der Waals surface area (Å²) in [4.78, 5) is 19.5. The summed E-state index contributed by atoms with van der Waals surface area (Å²) in [6.07, 6.45) is 7.14. The number of nitro groups is 1. The van der Waals surface area contributed by atoms with E-state index in [9.17, 15) is 10.1 Å². The molecule has 7 rings (SSSR count). The van der Waals surface area contributed by atoms with Crippen molar-refractivity contribution in [3.8, 4) is 0 Å². The van der Waals surface area contributed by atoms with Gasteiger partial charge in [-0.05, 0) is 56.3 Å². The molecule has 1 aliphatic heterocycles. The standard InChI is InChI=1S/C24H25N3O3/c28-27(29)21-8-4-7-20(12-21)23-26(22(25-30-23)19-5-2-1-3-6-19)24-13-16-9-17(14-24)11-18(10-16)15-24/h1-8,12,16-18,23H,9-11,13-15H2. The van der Waals surface area contributed by atoms with Crippen molar-refractivity contribution in [3.05, 3.63) is 75.8 Å². The lowest BCUT2D eigenvalue weighted by Crippen LogP contribution is -2.61. The van der Waals surface area contributed by atoms with Crippen LogP contribution >= 0.6 is 0 Å². The van der Waals surface area contributed by atoms with Gasteiger partial charge < -0.3 is 9.74 Å². The molecule has 2 aromatic rings. The van der Waals surface area contributed by atoms with Gasteiger partial charge >= 0.3 is 0 Å². The van der Waals surface area contributed by atoms with Crippen molar-refractivity contribution in [3.63, 3.8) is 0 Å². The number of oxime groups is 1. The van der Waals surface area contributed by atoms with Crippen molar-refractivity contribution in [2.75, 3.05) is 0 Å². The van der Waals surface area contributed by atoms with Crippen molar-refractivity contribution in [1.82, 2.24) is 4.90 Å². The van der Waals surface area contributed by atoms with E-state index in [1.54, 1.807) is 12.1 Å². The molecule has 5 aliphatic rings. The van der Waals surface area contributed by atoms with Gasteiger partial charge in [0.05, 0.1) is 4.92 Å². The van der Waals surface area contributed by atoms with Crippen molar-refractivity contribution < 1.29 is 9.76 Å². The van der Waals surface area contributed by atoms with Crippen molar-refractivity contribution >= 4 is 11.5 Å². The molecule has 4 fully saturated rings. The smallest absolute Gasteiger partial charge is 0.269 e. The minimum Gasteiger partial charge on any atom is -0.363 e. The molecule has 2 aromatic carbocycles. The average molecular weight is 403 g/mol. The quantitative estimate of drug-likeness (QED) is 0.516. The van der Waals surface area contributed by atoms with Crippen LogP contribution in [0.1, 0.15) is 55.9 Å². The van der Waals surface area contributed by atoms with E-state index in [4.69, 9.17) is 4.84 Å². The number of rotatable bonds is 4. The summed E-state index contributed by atoms with van der Waals surface area (Å²) >= 11 is 0. The Hall–Kier alpha value is -2.89. The van der Waals surface area contributed by atoms with Crippen LogP contribution in [0.25, 0.3) is 0 Å². The van der Waals surface area contributed by atoms with E-state index in [2.05, 4.69) is 22.2 Å². The third kappa shape index (κ3) is 2.73. The molecule has 0 aromatic heterocycles. The van der Waals surface area contributed by atoms with Gasteiger partial charge in [-0.3, -0.25) is 10.1 Å². The predicted molar refractivity (Wildman–Crippen MR) is 113 cm³/mol. The molecular formula is C24H25N3O3. The van der Waals surface area contributed by atoms with E-state index in [-0.39, 0.29) is 16.1 Å². The van der Waals surface area contributed by atoms with Crippen LogP contribution in [0.15, 0.2) is 59.8 Å². The molecule has 154 valence electrons. The minimum absolute atomic E-state index is 0.0230. The van der Waals surface area contributed by atoms with Crippen molar-refractivity contribution in [2.24, 2.45) is 22.9 Å². The van der Waals surface area contributed by atoms with Crippen LogP contribution in [0.4, 0.5) is 5.69 Å². The number of nitrogens with zero attached hydrogens (tertiary/aromatic N) is 3. The number of nitro benzene ring substituents is 1. The Morgan fingerprint density at radius 1 is 0.967 bits per heavy atom. The van der Waals surface area contributed by atoms with Gasteiger partial charge in [-0.2, -0.15) is 0 Å². The first-order chi connectivity index (χ1) is 14.6. The first-order valence-corrected chi connectivity index (χ1v) is 10.9. The second-order valence-electron chi connectivity index (χ2n) is 9.60. The summed E-state index contributed by atoms with van der Waals surface area (Å²) < 4.78 is 0. The van der Waals surface area contributed by atoms with Crippen LogP contribution in [0, 0.1) is 27.9 Å². The third-order valence-electron chi connectivity index (χ3n) is 7.62. The molecule has 30 heavy (non-hydrogen) atoms. The lowest BCUT2D eigenvalue weighted by molar-refractivity contribution is -0.385. The highest BCUT2D eigenvalue weighted by atomic mass is 16.7. The SMILES string of the molecule is O=[N+]([O-])c1cccc(C2ON=C(c3ccccc3)N2C23CC4CC(CC(C4)C2)C3)c1. The maximum absolute atomic E-state index is 11.4. The minimum atomic E-state index is -0.420. The monoisotopic (exact) mass is 403 g/mol. The Balaban J connectivity index is 1.45. The Labute approximate surface area is 175 Å². The zero-order valence-corrected chi connectivity index (χ0v) is 16.8. The van der Waals surface area contributed by atoms with Gasteiger partial charge in [-0.15, -0.1) is 0 Å². The molecule has 6 nitrogen and oxygen atoms in total. The van der Waals surface area contributed by atoms with E-state index in [1.807, 2.05) is 24.3 Å². The topological polar surface area (TPSA) is 68.0 Å². The van der Waals surface area contributed by atoms with E-state index in [0.717, 1.165) is 34.7 Å². The van der Waals surface area contributed by atoms with E-state index < -0.39 is 6.23 Å². The molecule has 1 unspecified atom stereocenters. The van der Waals surface area contributed by atoms with E-state index in [0.29, 0.717) is 0 Å². The molecule has 0 spiro atoms. The Bertz CT molecular complexity index is 984. The fourth-order valence-corrected chi connectivity index (χ4v) is 6.92. The van der Waals surface area contributed by atoms with Crippen molar-refractivity contribution in [2.45, 2.75) is 50.3 Å². The molecule has 6 heteroatoms. The van der Waals surface area contributed by atoms with Gasteiger partial charge in [-0.1, -0.05) is 47.6 Å². The molecular weight excluding hydrogens is 378 g/mol. The predicted octanol–water partition coefficient (Wildman–Crippen LogP) is 5.26. The molecule has 0 N–H and O–H groups in total. The van der Waals surface area contributed by atoms with Crippen LogP contribution in [-0.2, 0) is 4.84 Å². The molecule has 4 aliphatic carbocycles.